The van der Waals surface area contributed by atoms with Gasteiger partial charge >= 0.3 is 0 Å². The van der Waals surface area contributed by atoms with Crippen LogP contribution < -0.4 is 5.32 Å². The van der Waals surface area contributed by atoms with Gasteiger partial charge in [-0.25, -0.2) is 0 Å². The van der Waals surface area contributed by atoms with Crippen LogP contribution in [0.3, 0.4) is 0 Å². The average molecular weight is 310 g/mol. The molecule has 0 bridgehead atoms. The Balaban J connectivity index is 2.46. The van der Waals surface area contributed by atoms with Crippen molar-refractivity contribution in [1.82, 2.24) is 5.32 Å². The Bertz CT molecular complexity index is 492. The van der Waals surface area contributed by atoms with Crippen molar-refractivity contribution >= 4 is 27.3 Å². The standard InChI is InChI=1S/C14H16BrNS/c1-3-10-6-4-5-7-11(10)13(16-2)14-12(15)8-9-17-14/h4-9,13,16H,3H2,1-2H3. The van der Waals surface area contributed by atoms with E-state index < -0.39 is 0 Å². The van der Waals surface area contributed by atoms with Crippen molar-refractivity contribution in [2.24, 2.45) is 0 Å². The minimum absolute atomic E-state index is 0.278. The number of nitrogens with one attached hydrogen (secondary N) is 1. The second kappa shape index (κ2) is 5.80. The van der Waals surface area contributed by atoms with Gasteiger partial charge in [0, 0.05) is 9.35 Å². The first-order valence-corrected chi connectivity index (χ1v) is 7.43. The molecule has 0 aliphatic rings. The van der Waals surface area contributed by atoms with Gasteiger partial charge in [-0.2, -0.15) is 0 Å². The lowest BCUT2D eigenvalue weighted by molar-refractivity contribution is 0.693. The van der Waals surface area contributed by atoms with Gasteiger partial charge in [-0.15, -0.1) is 11.3 Å². The summed E-state index contributed by atoms with van der Waals surface area (Å²) >= 11 is 5.41. The Morgan fingerprint density at radius 3 is 2.65 bits per heavy atom. The number of hydrogen-bond acceptors (Lipinski definition) is 2. The minimum Gasteiger partial charge on any atom is -0.309 e. The lowest BCUT2D eigenvalue weighted by atomic mass is 9.98. The maximum atomic E-state index is 3.62. The summed E-state index contributed by atoms with van der Waals surface area (Å²) in [6.45, 7) is 2.20. The summed E-state index contributed by atoms with van der Waals surface area (Å²) in [5.41, 5.74) is 2.78. The molecule has 2 aromatic rings. The fraction of sp³-hybridized carbons (Fsp3) is 0.286. The van der Waals surface area contributed by atoms with E-state index in [1.807, 2.05) is 7.05 Å². The van der Waals surface area contributed by atoms with Gasteiger partial charge in [0.1, 0.15) is 0 Å². The van der Waals surface area contributed by atoms with E-state index in [-0.39, 0.29) is 6.04 Å². The van der Waals surface area contributed by atoms with Crippen LogP contribution in [0, 0.1) is 0 Å². The smallest absolute Gasteiger partial charge is 0.0682 e. The Morgan fingerprint density at radius 1 is 1.29 bits per heavy atom. The molecule has 3 heteroatoms. The predicted molar refractivity (Wildman–Crippen MR) is 78.7 cm³/mol. The second-order valence-corrected chi connectivity index (χ2v) is 5.71. The lowest BCUT2D eigenvalue weighted by Crippen LogP contribution is -2.18. The monoisotopic (exact) mass is 309 g/mol. The number of rotatable bonds is 4. The summed E-state index contributed by atoms with van der Waals surface area (Å²) < 4.78 is 1.19. The predicted octanol–water partition coefficient (Wildman–Crippen LogP) is 4.38. The van der Waals surface area contributed by atoms with E-state index in [1.54, 1.807) is 11.3 Å². The van der Waals surface area contributed by atoms with Crippen molar-refractivity contribution < 1.29 is 0 Å². The SMILES string of the molecule is CCc1ccccc1C(NC)c1sccc1Br. The Morgan fingerprint density at radius 2 is 2.06 bits per heavy atom. The summed E-state index contributed by atoms with van der Waals surface area (Å²) in [5, 5.41) is 5.54. The van der Waals surface area contributed by atoms with Crippen LogP contribution in [0.25, 0.3) is 0 Å². The zero-order chi connectivity index (χ0) is 12.3. The molecule has 0 aliphatic heterocycles. The Kier molecular flexibility index (Phi) is 4.37. The molecule has 1 unspecified atom stereocenters. The minimum atomic E-state index is 0.278. The van der Waals surface area contributed by atoms with Crippen LogP contribution in [0.1, 0.15) is 29.0 Å². The first-order chi connectivity index (χ1) is 8.27. The van der Waals surface area contributed by atoms with Crippen LogP contribution in [0.4, 0.5) is 0 Å². The van der Waals surface area contributed by atoms with Crippen molar-refractivity contribution in [3.63, 3.8) is 0 Å². The average Bonchev–Trinajstić information content (AvgIpc) is 2.78. The van der Waals surface area contributed by atoms with E-state index in [9.17, 15) is 0 Å². The molecule has 1 aromatic heterocycles. The molecule has 1 atom stereocenters. The van der Waals surface area contributed by atoms with Crippen molar-refractivity contribution in [1.29, 1.82) is 0 Å². The first kappa shape index (κ1) is 12.8. The third kappa shape index (κ3) is 2.62. The molecule has 1 nitrogen and oxygen atoms in total. The molecule has 1 N–H and O–H groups in total. The van der Waals surface area contributed by atoms with Crippen molar-refractivity contribution in [3.8, 4) is 0 Å². The normalized spacial score (nSPS) is 12.6. The quantitative estimate of drug-likeness (QED) is 0.883. The fourth-order valence-electron chi connectivity index (χ4n) is 2.08. The molecule has 0 amide bonds. The van der Waals surface area contributed by atoms with Gasteiger partial charge in [0.15, 0.2) is 0 Å². The van der Waals surface area contributed by atoms with Gasteiger partial charge < -0.3 is 5.32 Å². The molecular weight excluding hydrogens is 294 g/mol. The van der Waals surface area contributed by atoms with Crippen LogP contribution in [-0.2, 0) is 6.42 Å². The molecule has 0 spiro atoms. The Hall–Kier alpha value is -0.640. The van der Waals surface area contributed by atoms with Crippen LogP contribution in [0.5, 0.6) is 0 Å². The first-order valence-electron chi connectivity index (χ1n) is 5.75. The highest BCUT2D eigenvalue weighted by molar-refractivity contribution is 9.10. The van der Waals surface area contributed by atoms with Gasteiger partial charge in [-0.3, -0.25) is 0 Å². The Labute approximate surface area is 115 Å². The molecule has 90 valence electrons. The molecule has 0 fully saturated rings. The molecule has 0 aliphatic carbocycles. The van der Waals surface area contributed by atoms with Gasteiger partial charge in [0.2, 0.25) is 0 Å². The van der Waals surface area contributed by atoms with Crippen LogP contribution >= 0.6 is 27.3 Å². The summed E-state index contributed by atoms with van der Waals surface area (Å²) in [6.07, 6.45) is 1.07. The van der Waals surface area contributed by atoms with Crippen molar-refractivity contribution in [3.05, 3.63) is 56.2 Å². The molecule has 0 saturated carbocycles. The van der Waals surface area contributed by atoms with Crippen LogP contribution in [0.15, 0.2) is 40.2 Å². The molecule has 2 rings (SSSR count). The van der Waals surface area contributed by atoms with E-state index in [2.05, 4.69) is 63.9 Å². The lowest BCUT2D eigenvalue weighted by Gasteiger charge is -2.19. The van der Waals surface area contributed by atoms with Crippen molar-refractivity contribution in [2.45, 2.75) is 19.4 Å². The number of hydrogen-bond donors (Lipinski definition) is 1. The molecule has 1 heterocycles. The summed E-state index contributed by atoms with van der Waals surface area (Å²) in [5.74, 6) is 0. The van der Waals surface area contributed by atoms with E-state index in [0.29, 0.717) is 0 Å². The van der Waals surface area contributed by atoms with E-state index in [1.165, 1.54) is 20.5 Å². The third-order valence-electron chi connectivity index (χ3n) is 2.94. The highest BCUT2D eigenvalue weighted by atomic mass is 79.9. The van der Waals surface area contributed by atoms with E-state index in [4.69, 9.17) is 0 Å². The number of benzene rings is 1. The highest BCUT2D eigenvalue weighted by Gasteiger charge is 2.18. The maximum Gasteiger partial charge on any atom is 0.0682 e. The van der Waals surface area contributed by atoms with Gasteiger partial charge in [0.25, 0.3) is 0 Å². The molecule has 17 heavy (non-hydrogen) atoms. The zero-order valence-corrected chi connectivity index (χ0v) is 12.4. The summed E-state index contributed by atoms with van der Waals surface area (Å²) in [4.78, 5) is 1.34. The van der Waals surface area contributed by atoms with E-state index >= 15 is 0 Å². The zero-order valence-electron chi connectivity index (χ0n) is 10.0. The van der Waals surface area contributed by atoms with Crippen LogP contribution in [-0.4, -0.2) is 7.05 Å². The number of aryl methyl sites for hydroxylation is 1. The van der Waals surface area contributed by atoms with Gasteiger partial charge in [0.05, 0.1) is 6.04 Å². The van der Waals surface area contributed by atoms with E-state index in [0.717, 1.165) is 6.42 Å². The maximum absolute atomic E-state index is 3.62. The van der Waals surface area contributed by atoms with Gasteiger partial charge in [-0.05, 0) is 52.0 Å². The fourth-order valence-corrected chi connectivity index (χ4v) is 3.81. The van der Waals surface area contributed by atoms with Gasteiger partial charge in [-0.1, -0.05) is 31.2 Å². The molecule has 1 aromatic carbocycles. The van der Waals surface area contributed by atoms with Crippen LogP contribution in [0.2, 0.25) is 0 Å². The molecule has 0 saturated heterocycles. The third-order valence-corrected chi connectivity index (χ3v) is 4.88. The number of thiophene rings is 1. The highest BCUT2D eigenvalue weighted by Crippen LogP contribution is 2.34. The summed E-state index contributed by atoms with van der Waals surface area (Å²) in [6, 6.07) is 11.0. The number of halogens is 1. The molecular formula is C14H16BrNS. The molecule has 0 radical (unpaired) electrons. The van der Waals surface area contributed by atoms with Crippen molar-refractivity contribution in [2.75, 3.05) is 7.05 Å². The second-order valence-electron chi connectivity index (χ2n) is 3.91. The largest absolute Gasteiger partial charge is 0.309 e. The summed E-state index contributed by atoms with van der Waals surface area (Å²) in [7, 11) is 2.02. The topological polar surface area (TPSA) is 12.0 Å².